The Hall–Kier alpha value is -0.960. The molecule has 1 aromatic carbocycles. The van der Waals surface area contributed by atoms with E-state index in [0.717, 1.165) is 5.56 Å². The molecule has 0 saturated carbocycles. The summed E-state index contributed by atoms with van der Waals surface area (Å²) in [7, 11) is 0. The van der Waals surface area contributed by atoms with Gasteiger partial charge in [0.1, 0.15) is 0 Å². The summed E-state index contributed by atoms with van der Waals surface area (Å²) in [5, 5.41) is 8.68. The molecule has 1 N–H and O–H groups in total. The molecule has 1 aromatic rings. The van der Waals surface area contributed by atoms with Crippen LogP contribution in [0.5, 0.6) is 0 Å². The van der Waals surface area contributed by atoms with Gasteiger partial charge in [-0.1, -0.05) is 19.9 Å². The smallest absolute Gasteiger partial charge is 0.162 e. The van der Waals surface area contributed by atoms with Crippen molar-refractivity contribution >= 4 is 0 Å². The molecule has 1 nitrogen and oxygen atoms in total. The molecule has 0 aromatic heterocycles. The summed E-state index contributed by atoms with van der Waals surface area (Å²) in [5.41, 5.74) is 1.00. The zero-order valence-corrected chi connectivity index (χ0v) is 8.35. The highest BCUT2D eigenvalue weighted by atomic mass is 19.2. The quantitative estimate of drug-likeness (QED) is 0.795. The van der Waals surface area contributed by atoms with Gasteiger partial charge in [0.15, 0.2) is 11.6 Å². The first-order chi connectivity index (χ1) is 6.56. The van der Waals surface area contributed by atoms with E-state index in [1.54, 1.807) is 6.07 Å². The molecule has 0 fully saturated rings. The Morgan fingerprint density at radius 1 is 1.29 bits per heavy atom. The van der Waals surface area contributed by atoms with Gasteiger partial charge in [-0.15, -0.1) is 0 Å². The number of hydrogen-bond acceptors (Lipinski definition) is 1. The van der Waals surface area contributed by atoms with Crippen LogP contribution < -0.4 is 0 Å². The van der Waals surface area contributed by atoms with Gasteiger partial charge in [-0.05, 0) is 29.5 Å². The number of halogens is 2. The first-order valence-electron chi connectivity index (χ1n) is 4.65. The molecule has 78 valence electrons. The normalized spacial score (nSPS) is 11.0. The highest BCUT2D eigenvalue weighted by Crippen LogP contribution is 2.21. The molecule has 0 amide bonds. The lowest BCUT2D eigenvalue weighted by atomic mass is 9.99. The monoisotopic (exact) mass is 200 g/mol. The van der Waals surface area contributed by atoms with Crippen molar-refractivity contribution < 1.29 is 13.9 Å². The SMILES string of the molecule is CC(C)c1cc(F)c(F)c(CCO)c1. The van der Waals surface area contributed by atoms with Crippen LogP contribution in [0.15, 0.2) is 12.1 Å². The fourth-order valence-corrected chi connectivity index (χ4v) is 1.30. The van der Waals surface area contributed by atoms with Crippen LogP contribution in [0.25, 0.3) is 0 Å². The zero-order valence-electron chi connectivity index (χ0n) is 8.35. The van der Waals surface area contributed by atoms with Crippen molar-refractivity contribution in [2.24, 2.45) is 0 Å². The number of benzene rings is 1. The van der Waals surface area contributed by atoms with Crippen LogP contribution in [-0.4, -0.2) is 11.7 Å². The maximum Gasteiger partial charge on any atom is 0.162 e. The summed E-state index contributed by atoms with van der Waals surface area (Å²) in [6.07, 6.45) is 0.156. The van der Waals surface area contributed by atoms with E-state index in [9.17, 15) is 8.78 Å². The lowest BCUT2D eigenvalue weighted by Crippen LogP contribution is -2.01. The van der Waals surface area contributed by atoms with E-state index < -0.39 is 11.6 Å². The van der Waals surface area contributed by atoms with Gasteiger partial charge in [-0.3, -0.25) is 0 Å². The lowest BCUT2D eigenvalue weighted by molar-refractivity contribution is 0.297. The molecule has 0 atom stereocenters. The Kier molecular flexibility index (Phi) is 3.58. The molecule has 0 radical (unpaired) electrons. The molecule has 0 aliphatic carbocycles. The van der Waals surface area contributed by atoms with Crippen molar-refractivity contribution in [1.82, 2.24) is 0 Å². The third-order valence-electron chi connectivity index (χ3n) is 2.17. The summed E-state index contributed by atoms with van der Waals surface area (Å²) in [5.74, 6) is -1.52. The van der Waals surface area contributed by atoms with Crippen molar-refractivity contribution in [3.8, 4) is 0 Å². The van der Waals surface area contributed by atoms with Crippen LogP contribution in [-0.2, 0) is 6.42 Å². The fourth-order valence-electron chi connectivity index (χ4n) is 1.30. The fraction of sp³-hybridized carbons (Fsp3) is 0.455. The minimum absolute atomic E-state index is 0.155. The Morgan fingerprint density at radius 3 is 2.43 bits per heavy atom. The van der Waals surface area contributed by atoms with E-state index in [-0.39, 0.29) is 24.5 Å². The maximum absolute atomic E-state index is 13.1. The summed E-state index contributed by atoms with van der Waals surface area (Å²) in [6.45, 7) is 3.66. The summed E-state index contributed by atoms with van der Waals surface area (Å²) in [6, 6.07) is 2.82. The Morgan fingerprint density at radius 2 is 1.93 bits per heavy atom. The number of aliphatic hydroxyl groups is 1. The van der Waals surface area contributed by atoms with E-state index in [1.165, 1.54) is 6.07 Å². The van der Waals surface area contributed by atoms with Crippen LogP contribution in [0.3, 0.4) is 0 Å². The van der Waals surface area contributed by atoms with Gasteiger partial charge >= 0.3 is 0 Å². The van der Waals surface area contributed by atoms with Gasteiger partial charge in [0.25, 0.3) is 0 Å². The van der Waals surface area contributed by atoms with Crippen molar-refractivity contribution in [2.75, 3.05) is 6.61 Å². The molecule has 0 aliphatic heterocycles. The lowest BCUT2D eigenvalue weighted by Gasteiger charge is -2.09. The van der Waals surface area contributed by atoms with Crippen molar-refractivity contribution in [3.63, 3.8) is 0 Å². The van der Waals surface area contributed by atoms with Crippen LogP contribution in [0.1, 0.15) is 30.9 Å². The van der Waals surface area contributed by atoms with Crippen molar-refractivity contribution in [1.29, 1.82) is 0 Å². The van der Waals surface area contributed by atoms with Gasteiger partial charge in [-0.2, -0.15) is 0 Å². The predicted octanol–water partition coefficient (Wildman–Crippen LogP) is 2.62. The molecular weight excluding hydrogens is 186 g/mol. The first kappa shape index (κ1) is 11.1. The molecule has 0 spiro atoms. The highest BCUT2D eigenvalue weighted by molar-refractivity contribution is 5.28. The minimum Gasteiger partial charge on any atom is -0.396 e. The van der Waals surface area contributed by atoms with Crippen LogP contribution in [0.2, 0.25) is 0 Å². The second-order valence-electron chi connectivity index (χ2n) is 3.60. The van der Waals surface area contributed by atoms with Crippen molar-refractivity contribution in [3.05, 3.63) is 34.9 Å². The van der Waals surface area contributed by atoms with Gasteiger partial charge in [0, 0.05) is 6.61 Å². The zero-order chi connectivity index (χ0) is 10.7. The molecule has 0 unspecified atom stereocenters. The predicted molar refractivity (Wildman–Crippen MR) is 51.2 cm³/mol. The Bertz CT molecular complexity index is 321. The third kappa shape index (κ3) is 2.29. The molecule has 1 rings (SSSR count). The first-order valence-corrected chi connectivity index (χ1v) is 4.65. The summed E-state index contributed by atoms with van der Waals surface area (Å²) >= 11 is 0. The summed E-state index contributed by atoms with van der Waals surface area (Å²) in [4.78, 5) is 0. The van der Waals surface area contributed by atoms with E-state index in [2.05, 4.69) is 0 Å². The standard InChI is InChI=1S/C11H14F2O/c1-7(2)9-5-8(3-4-14)11(13)10(12)6-9/h5-7,14H,3-4H2,1-2H3. The number of hydrogen-bond donors (Lipinski definition) is 1. The van der Waals surface area contributed by atoms with E-state index in [4.69, 9.17) is 5.11 Å². The van der Waals surface area contributed by atoms with Crippen LogP contribution in [0, 0.1) is 11.6 Å². The Labute approximate surface area is 82.4 Å². The topological polar surface area (TPSA) is 20.2 Å². The van der Waals surface area contributed by atoms with E-state index in [1.807, 2.05) is 13.8 Å². The highest BCUT2D eigenvalue weighted by Gasteiger charge is 2.11. The molecule has 0 heterocycles. The maximum atomic E-state index is 13.1. The third-order valence-corrected chi connectivity index (χ3v) is 2.17. The van der Waals surface area contributed by atoms with Gasteiger partial charge in [-0.25, -0.2) is 8.78 Å². The van der Waals surface area contributed by atoms with E-state index in [0.29, 0.717) is 0 Å². The minimum atomic E-state index is -0.844. The van der Waals surface area contributed by atoms with Crippen LogP contribution >= 0.6 is 0 Å². The van der Waals surface area contributed by atoms with Gasteiger partial charge in [0.2, 0.25) is 0 Å². The number of aliphatic hydroxyl groups excluding tert-OH is 1. The average Bonchev–Trinajstić information content (AvgIpc) is 2.12. The van der Waals surface area contributed by atoms with Crippen LogP contribution in [0.4, 0.5) is 8.78 Å². The summed E-state index contributed by atoms with van der Waals surface area (Å²) < 4.78 is 26.2. The molecule has 14 heavy (non-hydrogen) atoms. The Balaban J connectivity index is 3.14. The average molecular weight is 200 g/mol. The molecular formula is C11H14F2O. The van der Waals surface area contributed by atoms with E-state index >= 15 is 0 Å². The largest absolute Gasteiger partial charge is 0.396 e. The second-order valence-corrected chi connectivity index (χ2v) is 3.60. The molecule has 0 bridgehead atoms. The number of rotatable bonds is 3. The molecule has 3 heteroatoms. The second kappa shape index (κ2) is 4.51. The molecule has 0 aliphatic rings. The van der Waals surface area contributed by atoms with Crippen molar-refractivity contribution in [2.45, 2.75) is 26.2 Å². The van der Waals surface area contributed by atoms with Gasteiger partial charge in [0.05, 0.1) is 0 Å². The van der Waals surface area contributed by atoms with Gasteiger partial charge < -0.3 is 5.11 Å². The molecule has 0 saturated heterocycles.